The molecule has 0 saturated heterocycles. The quantitative estimate of drug-likeness (QED) is 0.481. The summed E-state index contributed by atoms with van der Waals surface area (Å²) in [6.45, 7) is 0. The van der Waals surface area contributed by atoms with Crippen LogP contribution in [0.25, 0.3) is 33.1 Å². The van der Waals surface area contributed by atoms with E-state index >= 15 is 0 Å². The Morgan fingerprint density at radius 1 is 1.00 bits per heavy atom. The van der Waals surface area contributed by atoms with Gasteiger partial charge in [0, 0.05) is 31.9 Å². The first-order valence-electron chi connectivity index (χ1n) is 8.50. The van der Waals surface area contributed by atoms with Crippen molar-refractivity contribution in [1.29, 1.82) is 0 Å². The Labute approximate surface area is 156 Å². The number of anilines is 1. The van der Waals surface area contributed by atoms with Crippen LogP contribution in [-0.2, 0) is 7.05 Å². The topological polar surface area (TPSA) is 25.2 Å². The van der Waals surface area contributed by atoms with E-state index in [1.165, 1.54) is 5.56 Å². The molecule has 2 aromatic carbocycles. The maximum absolute atomic E-state index is 12.9. The van der Waals surface area contributed by atoms with Crippen LogP contribution in [0.5, 0.6) is 0 Å². The summed E-state index contributed by atoms with van der Waals surface area (Å²) >= 11 is 1.64. The number of nitrogens with zero attached hydrogens (tertiary/aromatic N) is 2. The number of hydrogen-bond acceptors (Lipinski definition) is 3. The van der Waals surface area contributed by atoms with Crippen molar-refractivity contribution >= 4 is 50.2 Å². The van der Waals surface area contributed by atoms with Gasteiger partial charge in [-0.05, 0) is 23.3 Å². The third-order valence-electron chi connectivity index (χ3n) is 4.67. The van der Waals surface area contributed by atoms with Gasteiger partial charge in [0.05, 0.1) is 21.3 Å². The fourth-order valence-electron chi connectivity index (χ4n) is 3.25. The van der Waals surface area contributed by atoms with E-state index in [2.05, 4.69) is 41.8 Å². The van der Waals surface area contributed by atoms with Crippen LogP contribution >= 0.6 is 11.3 Å². The number of pyridine rings is 1. The minimum absolute atomic E-state index is 0.0602. The minimum atomic E-state index is 0.0602. The lowest BCUT2D eigenvalue weighted by Crippen LogP contribution is -2.19. The molecule has 0 spiro atoms. The van der Waals surface area contributed by atoms with E-state index < -0.39 is 0 Å². The van der Waals surface area contributed by atoms with Gasteiger partial charge in [0.1, 0.15) is 0 Å². The highest BCUT2D eigenvalue weighted by atomic mass is 32.1. The van der Waals surface area contributed by atoms with Crippen molar-refractivity contribution < 1.29 is 0 Å². The molecule has 0 aliphatic heterocycles. The van der Waals surface area contributed by atoms with Gasteiger partial charge in [0.15, 0.2) is 0 Å². The summed E-state index contributed by atoms with van der Waals surface area (Å²) < 4.78 is 2.81. The van der Waals surface area contributed by atoms with Crippen LogP contribution in [0.4, 0.5) is 5.69 Å². The summed E-state index contributed by atoms with van der Waals surface area (Å²) in [6.07, 6.45) is 4.23. The Hall–Kier alpha value is -2.85. The molecule has 0 bridgehead atoms. The predicted molar refractivity (Wildman–Crippen MR) is 114 cm³/mol. The average molecular weight is 360 g/mol. The summed E-state index contributed by atoms with van der Waals surface area (Å²) in [7, 11) is 5.80. The van der Waals surface area contributed by atoms with Gasteiger partial charge in [0.25, 0.3) is 5.56 Å². The lowest BCUT2D eigenvalue weighted by molar-refractivity contribution is 0.918. The van der Waals surface area contributed by atoms with Gasteiger partial charge in [0.2, 0.25) is 0 Å². The van der Waals surface area contributed by atoms with Crippen molar-refractivity contribution in [1.82, 2.24) is 4.57 Å². The standard InChI is InChI=1S/C22H20N2OS/c1-23(2)19-14-26-21-17-13-16(10-9-15-7-5-4-6-8-15)11-12-18(17)24(3)22(25)20(19)21/h4-14H,1-3H3. The first-order valence-corrected chi connectivity index (χ1v) is 9.38. The van der Waals surface area contributed by atoms with Gasteiger partial charge in [-0.3, -0.25) is 4.79 Å². The molecular weight excluding hydrogens is 340 g/mol. The highest BCUT2D eigenvalue weighted by molar-refractivity contribution is 7.18. The zero-order chi connectivity index (χ0) is 18.3. The van der Waals surface area contributed by atoms with E-state index in [-0.39, 0.29) is 5.56 Å². The van der Waals surface area contributed by atoms with Crippen molar-refractivity contribution in [3.05, 3.63) is 75.4 Å². The molecule has 0 N–H and O–H groups in total. The second kappa shape index (κ2) is 6.46. The monoisotopic (exact) mass is 360 g/mol. The normalized spacial score (nSPS) is 11.7. The Morgan fingerprint density at radius 2 is 1.73 bits per heavy atom. The minimum Gasteiger partial charge on any atom is -0.376 e. The fourth-order valence-corrected chi connectivity index (χ4v) is 4.41. The lowest BCUT2D eigenvalue weighted by atomic mass is 10.1. The lowest BCUT2D eigenvalue weighted by Gasteiger charge is -2.12. The van der Waals surface area contributed by atoms with Gasteiger partial charge in [-0.25, -0.2) is 0 Å². The van der Waals surface area contributed by atoms with Crippen LogP contribution in [0.15, 0.2) is 58.7 Å². The molecule has 4 aromatic rings. The molecule has 2 aromatic heterocycles. The Morgan fingerprint density at radius 3 is 2.46 bits per heavy atom. The summed E-state index contributed by atoms with van der Waals surface area (Å²) in [5.74, 6) is 0. The molecule has 4 heteroatoms. The molecule has 0 saturated carbocycles. The van der Waals surface area contributed by atoms with Crippen LogP contribution in [0, 0.1) is 0 Å². The maximum Gasteiger partial charge on any atom is 0.261 e. The molecule has 3 nitrogen and oxygen atoms in total. The molecule has 0 aliphatic rings. The van der Waals surface area contributed by atoms with Crippen molar-refractivity contribution in [2.75, 3.05) is 19.0 Å². The molecule has 2 heterocycles. The van der Waals surface area contributed by atoms with Crippen LogP contribution in [0.1, 0.15) is 11.1 Å². The number of thiophene rings is 1. The van der Waals surface area contributed by atoms with E-state index in [9.17, 15) is 4.79 Å². The first kappa shape index (κ1) is 16.6. The largest absolute Gasteiger partial charge is 0.376 e. The number of aryl methyl sites for hydroxylation is 1. The van der Waals surface area contributed by atoms with E-state index in [0.29, 0.717) is 0 Å². The Kier molecular flexibility index (Phi) is 4.13. The molecule has 0 fully saturated rings. The van der Waals surface area contributed by atoms with E-state index in [1.807, 2.05) is 50.3 Å². The summed E-state index contributed by atoms with van der Waals surface area (Å²) in [5.41, 5.74) is 4.31. The fraction of sp³-hybridized carbons (Fsp3) is 0.136. The molecule has 0 amide bonds. The Balaban J connectivity index is 1.92. The highest BCUT2D eigenvalue weighted by Gasteiger charge is 2.15. The average Bonchev–Trinajstić information content (AvgIpc) is 3.11. The number of hydrogen-bond donors (Lipinski definition) is 0. The van der Waals surface area contributed by atoms with Crippen LogP contribution in [0.3, 0.4) is 0 Å². The van der Waals surface area contributed by atoms with Crippen LogP contribution in [0.2, 0.25) is 0 Å². The number of aromatic nitrogens is 1. The van der Waals surface area contributed by atoms with Crippen LogP contribution in [-0.4, -0.2) is 18.7 Å². The molecule has 0 unspecified atom stereocenters. The molecule has 4 rings (SSSR count). The van der Waals surface area contributed by atoms with Gasteiger partial charge in [-0.15, -0.1) is 11.3 Å². The first-order chi connectivity index (χ1) is 12.6. The highest BCUT2D eigenvalue weighted by Crippen LogP contribution is 2.35. The summed E-state index contributed by atoms with van der Waals surface area (Å²) in [5, 5.41) is 3.99. The number of benzene rings is 2. The molecule has 0 aliphatic carbocycles. The summed E-state index contributed by atoms with van der Waals surface area (Å²) in [4.78, 5) is 14.9. The predicted octanol–water partition coefficient (Wildman–Crippen LogP) is 4.99. The third kappa shape index (κ3) is 2.72. The van der Waals surface area contributed by atoms with Gasteiger partial charge in [-0.1, -0.05) is 48.6 Å². The number of fused-ring (bicyclic) bond motifs is 3. The van der Waals surface area contributed by atoms with Gasteiger partial charge >= 0.3 is 0 Å². The van der Waals surface area contributed by atoms with E-state index in [1.54, 1.807) is 15.9 Å². The van der Waals surface area contributed by atoms with Crippen molar-refractivity contribution in [2.24, 2.45) is 7.05 Å². The van der Waals surface area contributed by atoms with Crippen molar-refractivity contribution in [3.63, 3.8) is 0 Å². The maximum atomic E-state index is 12.9. The zero-order valence-corrected chi connectivity index (χ0v) is 15.9. The van der Waals surface area contributed by atoms with Gasteiger partial charge in [-0.2, -0.15) is 0 Å². The molecule has 130 valence electrons. The summed E-state index contributed by atoms with van der Waals surface area (Å²) in [6, 6.07) is 16.5. The third-order valence-corrected chi connectivity index (χ3v) is 5.67. The second-order valence-corrected chi connectivity index (χ2v) is 7.48. The van der Waals surface area contributed by atoms with Crippen molar-refractivity contribution in [3.8, 4) is 0 Å². The SMILES string of the molecule is CN(C)c1csc2c1c(=O)n(C)c1ccc(C=Cc3ccccc3)cc21. The number of rotatable bonds is 3. The van der Waals surface area contributed by atoms with Gasteiger partial charge < -0.3 is 9.47 Å². The molecule has 26 heavy (non-hydrogen) atoms. The van der Waals surface area contributed by atoms with E-state index in [0.717, 1.165) is 32.2 Å². The molecule has 0 radical (unpaired) electrons. The molecule has 0 atom stereocenters. The zero-order valence-electron chi connectivity index (χ0n) is 15.1. The van der Waals surface area contributed by atoms with Crippen molar-refractivity contribution in [2.45, 2.75) is 0 Å². The van der Waals surface area contributed by atoms with Crippen LogP contribution < -0.4 is 10.5 Å². The Bertz CT molecular complexity index is 1180. The second-order valence-electron chi connectivity index (χ2n) is 6.60. The smallest absolute Gasteiger partial charge is 0.261 e. The molecular formula is C22H20N2OS. The van der Waals surface area contributed by atoms with E-state index in [4.69, 9.17) is 0 Å².